The molecule has 0 radical (unpaired) electrons. The van der Waals surface area contributed by atoms with Crippen LogP contribution < -0.4 is 10.6 Å². The van der Waals surface area contributed by atoms with Crippen LogP contribution in [0.2, 0.25) is 0 Å². The van der Waals surface area contributed by atoms with Crippen LogP contribution in [-0.4, -0.2) is 23.2 Å². The van der Waals surface area contributed by atoms with E-state index in [4.69, 9.17) is 4.74 Å². The molecule has 2 N–H and O–H groups in total. The molecule has 1 heterocycles. The maximum Gasteiger partial charge on any atom is 0.407 e. The Labute approximate surface area is 143 Å². The van der Waals surface area contributed by atoms with Crippen molar-refractivity contribution >= 4 is 11.8 Å². The number of hydrogen-bond donors (Lipinski definition) is 2. The number of hydrogen-bond acceptors (Lipinski definition) is 4. The molecule has 0 fully saturated rings. The van der Waals surface area contributed by atoms with E-state index in [1.807, 2.05) is 57.3 Å². The zero-order valence-corrected chi connectivity index (χ0v) is 14.5. The second kappa shape index (κ2) is 8.34. The van der Waals surface area contributed by atoms with Crippen molar-refractivity contribution in [3.8, 4) is 0 Å². The first kappa shape index (κ1) is 17.8. The summed E-state index contributed by atoms with van der Waals surface area (Å²) in [6, 6.07) is 12.1. The summed E-state index contributed by atoms with van der Waals surface area (Å²) in [7, 11) is 0. The number of nitrogens with one attached hydrogen (secondary N) is 2. The van der Waals surface area contributed by atoms with Gasteiger partial charge in [0.15, 0.2) is 0 Å². The lowest BCUT2D eigenvalue weighted by Crippen LogP contribution is -2.33. The summed E-state index contributed by atoms with van der Waals surface area (Å²) in [4.78, 5) is 15.7. The molecule has 1 aromatic carbocycles. The summed E-state index contributed by atoms with van der Waals surface area (Å²) >= 11 is 0. The Morgan fingerprint density at radius 3 is 2.67 bits per heavy atom. The molecule has 0 saturated heterocycles. The molecule has 0 bridgehead atoms. The van der Waals surface area contributed by atoms with Gasteiger partial charge >= 0.3 is 6.09 Å². The van der Waals surface area contributed by atoms with Crippen LogP contribution in [0.25, 0.3) is 0 Å². The van der Waals surface area contributed by atoms with Gasteiger partial charge in [-0.3, -0.25) is 4.98 Å². The number of benzene rings is 1. The molecule has 0 atom stereocenters. The minimum atomic E-state index is -0.472. The zero-order chi connectivity index (χ0) is 17.4. The fourth-order valence-corrected chi connectivity index (χ4v) is 2.17. The topological polar surface area (TPSA) is 63.2 Å². The van der Waals surface area contributed by atoms with Gasteiger partial charge in [-0.05, 0) is 56.5 Å². The maximum absolute atomic E-state index is 11.6. The van der Waals surface area contributed by atoms with Gasteiger partial charge in [-0.1, -0.05) is 18.2 Å². The number of aromatic nitrogens is 1. The summed E-state index contributed by atoms with van der Waals surface area (Å²) in [6.45, 7) is 6.83. The molecule has 0 unspecified atom stereocenters. The first-order valence-corrected chi connectivity index (χ1v) is 8.11. The maximum atomic E-state index is 11.6. The summed E-state index contributed by atoms with van der Waals surface area (Å²) < 4.78 is 5.22. The molecule has 0 spiro atoms. The van der Waals surface area contributed by atoms with E-state index in [1.54, 1.807) is 6.20 Å². The minimum absolute atomic E-state index is 0.381. The quantitative estimate of drug-likeness (QED) is 0.848. The molecule has 24 heavy (non-hydrogen) atoms. The third-order valence-corrected chi connectivity index (χ3v) is 3.23. The van der Waals surface area contributed by atoms with E-state index in [9.17, 15) is 4.79 Å². The van der Waals surface area contributed by atoms with Crippen molar-refractivity contribution in [3.63, 3.8) is 0 Å². The lowest BCUT2D eigenvalue weighted by Gasteiger charge is -2.19. The standard InChI is InChI=1S/C19H25N3O2/c1-19(2,3)24-18(23)21-11-9-15-6-4-8-17(12-15)22-14-16-7-5-10-20-13-16/h4-8,10,12-13,22H,9,11,14H2,1-3H3,(H,21,23). The molecule has 128 valence electrons. The number of ether oxygens (including phenoxy) is 1. The van der Waals surface area contributed by atoms with E-state index in [0.29, 0.717) is 6.54 Å². The van der Waals surface area contributed by atoms with Crippen LogP contribution in [0, 0.1) is 0 Å². The normalized spacial score (nSPS) is 11.0. The first-order chi connectivity index (χ1) is 11.4. The number of pyridine rings is 1. The Hall–Kier alpha value is -2.56. The van der Waals surface area contributed by atoms with Crippen LogP contribution in [-0.2, 0) is 17.7 Å². The highest BCUT2D eigenvalue weighted by Gasteiger charge is 2.15. The summed E-state index contributed by atoms with van der Waals surface area (Å²) in [6.07, 6.45) is 3.98. The third-order valence-electron chi connectivity index (χ3n) is 3.23. The smallest absolute Gasteiger partial charge is 0.407 e. The molecule has 2 aromatic rings. The van der Waals surface area contributed by atoms with E-state index >= 15 is 0 Å². The van der Waals surface area contributed by atoms with Gasteiger partial charge in [0.05, 0.1) is 0 Å². The number of nitrogens with zero attached hydrogens (tertiary/aromatic N) is 1. The van der Waals surface area contributed by atoms with Gasteiger partial charge < -0.3 is 15.4 Å². The van der Waals surface area contributed by atoms with Crippen LogP contribution in [0.4, 0.5) is 10.5 Å². The predicted molar refractivity (Wildman–Crippen MR) is 95.9 cm³/mol. The fourth-order valence-electron chi connectivity index (χ4n) is 2.17. The van der Waals surface area contributed by atoms with E-state index in [1.165, 1.54) is 0 Å². The van der Waals surface area contributed by atoms with Crippen LogP contribution in [0.15, 0.2) is 48.8 Å². The lowest BCUT2D eigenvalue weighted by atomic mass is 10.1. The Morgan fingerprint density at radius 1 is 1.17 bits per heavy atom. The summed E-state index contributed by atoms with van der Waals surface area (Å²) in [5, 5.41) is 6.15. The van der Waals surface area contributed by atoms with Crippen molar-refractivity contribution in [2.45, 2.75) is 39.3 Å². The molecular weight excluding hydrogens is 302 g/mol. The number of rotatable bonds is 6. The Bertz CT molecular complexity index is 651. The van der Waals surface area contributed by atoms with Crippen molar-refractivity contribution in [1.82, 2.24) is 10.3 Å². The number of anilines is 1. The highest BCUT2D eigenvalue weighted by atomic mass is 16.6. The lowest BCUT2D eigenvalue weighted by molar-refractivity contribution is 0.0528. The second-order valence-corrected chi connectivity index (χ2v) is 6.59. The van der Waals surface area contributed by atoms with Gasteiger partial charge in [0.1, 0.15) is 5.60 Å². The van der Waals surface area contributed by atoms with Crippen LogP contribution >= 0.6 is 0 Å². The molecule has 0 saturated carbocycles. The van der Waals surface area contributed by atoms with Gasteiger partial charge in [0, 0.05) is 31.2 Å². The Balaban J connectivity index is 1.79. The molecule has 2 rings (SSSR count). The van der Waals surface area contributed by atoms with Gasteiger partial charge in [0.25, 0.3) is 0 Å². The molecule has 0 aliphatic carbocycles. The highest BCUT2D eigenvalue weighted by molar-refractivity contribution is 5.67. The summed E-state index contributed by atoms with van der Waals surface area (Å²) in [5.74, 6) is 0. The Kier molecular flexibility index (Phi) is 6.18. The van der Waals surface area contributed by atoms with Gasteiger partial charge in [0.2, 0.25) is 0 Å². The molecule has 1 aromatic heterocycles. The first-order valence-electron chi connectivity index (χ1n) is 8.11. The number of amides is 1. The van der Waals surface area contributed by atoms with Gasteiger partial charge in [-0.15, -0.1) is 0 Å². The van der Waals surface area contributed by atoms with Crippen molar-refractivity contribution in [2.24, 2.45) is 0 Å². The second-order valence-electron chi connectivity index (χ2n) is 6.59. The van der Waals surface area contributed by atoms with E-state index in [2.05, 4.69) is 21.7 Å². The monoisotopic (exact) mass is 327 g/mol. The summed E-state index contributed by atoms with van der Waals surface area (Å²) in [5.41, 5.74) is 2.87. The van der Waals surface area contributed by atoms with Crippen LogP contribution in [0.3, 0.4) is 0 Å². The number of carbonyl (C=O) groups excluding carboxylic acids is 1. The van der Waals surface area contributed by atoms with Crippen molar-refractivity contribution < 1.29 is 9.53 Å². The van der Waals surface area contributed by atoms with Gasteiger partial charge in [-0.25, -0.2) is 4.79 Å². The molecule has 0 aliphatic heterocycles. The highest BCUT2D eigenvalue weighted by Crippen LogP contribution is 2.12. The Morgan fingerprint density at radius 2 is 1.96 bits per heavy atom. The average Bonchev–Trinajstić information content (AvgIpc) is 2.53. The van der Waals surface area contributed by atoms with E-state index < -0.39 is 5.60 Å². The van der Waals surface area contributed by atoms with Crippen molar-refractivity contribution in [1.29, 1.82) is 0 Å². The molecule has 5 nitrogen and oxygen atoms in total. The third kappa shape index (κ3) is 6.69. The molecule has 0 aliphatic rings. The van der Waals surface area contributed by atoms with E-state index in [-0.39, 0.29) is 6.09 Å². The fraction of sp³-hybridized carbons (Fsp3) is 0.368. The number of alkyl carbamates (subject to hydrolysis) is 1. The molecule has 1 amide bonds. The SMILES string of the molecule is CC(C)(C)OC(=O)NCCc1cccc(NCc2cccnc2)c1. The average molecular weight is 327 g/mol. The van der Waals surface area contributed by atoms with Crippen molar-refractivity contribution in [2.75, 3.05) is 11.9 Å². The van der Waals surface area contributed by atoms with Crippen molar-refractivity contribution in [3.05, 3.63) is 59.9 Å². The zero-order valence-electron chi connectivity index (χ0n) is 14.5. The van der Waals surface area contributed by atoms with Gasteiger partial charge in [-0.2, -0.15) is 0 Å². The molecule has 5 heteroatoms. The van der Waals surface area contributed by atoms with Crippen LogP contribution in [0.5, 0.6) is 0 Å². The largest absolute Gasteiger partial charge is 0.444 e. The van der Waals surface area contributed by atoms with E-state index in [0.717, 1.165) is 29.8 Å². The molecular formula is C19H25N3O2. The van der Waals surface area contributed by atoms with Crippen LogP contribution in [0.1, 0.15) is 31.9 Å². The number of carbonyl (C=O) groups is 1. The minimum Gasteiger partial charge on any atom is -0.444 e. The predicted octanol–water partition coefficient (Wildman–Crippen LogP) is 3.76.